The molecule has 2 aromatic heterocycles. The highest BCUT2D eigenvalue weighted by molar-refractivity contribution is 5.96. The number of halogens is 2. The van der Waals surface area contributed by atoms with Gasteiger partial charge in [0.25, 0.3) is 12.3 Å². The lowest BCUT2D eigenvalue weighted by Gasteiger charge is -2.02. The number of hydrogen-bond donors (Lipinski definition) is 1. The Kier molecular flexibility index (Phi) is 2.54. The zero-order chi connectivity index (χ0) is 12.6. The van der Waals surface area contributed by atoms with E-state index in [1.54, 1.807) is 0 Å². The summed E-state index contributed by atoms with van der Waals surface area (Å²) in [5.41, 5.74) is 3.72. The SMILES string of the molecule is NC(=O)c1ncn2c(=O)n(CC(F)F)nnc12. The summed E-state index contributed by atoms with van der Waals surface area (Å²) in [7, 11) is 0. The third-order valence-corrected chi connectivity index (χ3v) is 1.96. The summed E-state index contributed by atoms with van der Waals surface area (Å²) in [5, 5.41) is 6.72. The largest absolute Gasteiger partial charge is 0.364 e. The van der Waals surface area contributed by atoms with Gasteiger partial charge in [-0.2, -0.15) is 4.68 Å². The summed E-state index contributed by atoms with van der Waals surface area (Å²) in [4.78, 5) is 26.1. The van der Waals surface area contributed by atoms with Crippen molar-refractivity contribution in [3.63, 3.8) is 0 Å². The third-order valence-electron chi connectivity index (χ3n) is 1.96. The lowest BCUT2D eigenvalue weighted by Crippen LogP contribution is -2.32. The van der Waals surface area contributed by atoms with Crippen LogP contribution in [-0.2, 0) is 6.54 Å². The van der Waals surface area contributed by atoms with Gasteiger partial charge in [0.15, 0.2) is 11.3 Å². The van der Waals surface area contributed by atoms with Crippen molar-refractivity contribution in [3.05, 3.63) is 22.5 Å². The van der Waals surface area contributed by atoms with Gasteiger partial charge < -0.3 is 5.73 Å². The van der Waals surface area contributed by atoms with Crippen molar-refractivity contribution in [2.24, 2.45) is 5.73 Å². The fourth-order valence-electron chi connectivity index (χ4n) is 1.26. The first-order valence-electron chi connectivity index (χ1n) is 4.39. The molecule has 0 radical (unpaired) electrons. The summed E-state index contributed by atoms with van der Waals surface area (Å²) in [6.45, 7) is -0.883. The highest BCUT2D eigenvalue weighted by atomic mass is 19.3. The number of aromatic nitrogens is 5. The molecular formula is C7H6F2N6O2. The summed E-state index contributed by atoms with van der Waals surface area (Å²) < 4.78 is 25.5. The molecule has 2 rings (SSSR count). The van der Waals surface area contributed by atoms with Gasteiger partial charge in [0.2, 0.25) is 0 Å². The Morgan fingerprint density at radius 3 is 2.82 bits per heavy atom. The number of amides is 1. The quantitative estimate of drug-likeness (QED) is 0.718. The van der Waals surface area contributed by atoms with Gasteiger partial charge in [-0.25, -0.2) is 23.0 Å². The molecule has 8 nitrogen and oxygen atoms in total. The van der Waals surface area contributed by atoms with Crippen molar-refractivity contribution in [3.8, 4) is 0 Å². The molecule has 10 heteroatoms. The van der Waals surface area contributed by atoms with Gasteiger partial charge >= 0.3 is 5.69 Å². The molecule has 2 heterocycles. The number of rotatable bonds is 3. The van der Waals surface area contributed by atoms with Gasteiger partial charge in [0.1, 0.15) is 12.9 Å². The van der Waals surface area contributed by atoms with Crippen molar-refractivity contribution < 1.29 is 13.6 Å². The predicted octanol–water partition coefficient (Wildman–Crippen LogP) is -1.35. The van der Waals surface area contributed by atoms with Crippen LogP contribution in [-0.4, -0.2) is 36.7 Å². The van der Waals surface area contributed by atoms with Crippen LogP contribution >= 0.6 is 0 Å². The second-order valence-electron chi connectivity index (χ2n) is 3.10. The molecule has 0 aliphatic rings. The second-order valence-corrected chi connectivity index (χ2v) is 3.10. The van der Waals surface area contributed by atoms with Crippen molar-refractivity contribution in [2.45, 2.75) is 13.0 Å². The molecule has 0 saturated carbocycles. The molecule has 1 amide bonds. The van der Waals surface area contributed by atoms with Gasteiger partial charge in [-0.3, -0.25) is 4.79 Å². The minimum Gasteiger partial charge on any atom is -0.364 e. The van der Waals surface area contributed by atoms with Crippen LogP contribution in [0, 0.1) is 0 Å². The number of alkyl halides is 2. The van der Waals surface area contributed by atoms with E-state index in [9.17, 15) is 18.4 Å². The molecule has 0 atom stereocenters. The standard InChI is InChI=1S/C7H6F2N6O2/c8-3(9)1-15-7(17)14-2-11-4(5(10)16)6(14)12-13-15/h2-3H,1H2,(H2,10,16). The predicted molar refractivity (Wildman–Crippen MR) is 49.6 cm³/mol. The minimum atomic E-state index is -2.74. The van der Waals surface area contributed by atoms with Gasteiger partial charge in [-0.05, 0) is 0 Å². The molecule has 2 N–H and O–H groups in total. The van der Waals surface area contributed by atoms with Crippen molar-refractivity contribution >= 4 is 11.6 Å². The van der Waals surface area contributed by atoms with Gasteiger partial charge in [-0.1, -0.05) is 5.21 Å². The normalized spacial score (nSPS) is 11.2. The van der Waals surface area contributed by atoms with Crippen LogP contribution in [0.15, 0.2) is 11.1 Å². The molecule has 0 aliphatic carbocycles. The van der Waals surface area contributed by atoms with E-state index in [0.717, 1.165) is 10.7 Å². The molecule has 0 fully saturated rings. The van der Waals surface area contributed by atoms with Crippen LogP contribution in [0.3, 0.4) is 0 Å². The maximum atomic E-state index is 12.1. The number of fused-ring (bicyclic) bond motifs is 1. The Morgan fingerprint density at radius 2 is 2.24 bits per heavy atom. The average molecular weight is 244 g/mol. The summed E-state index contributed by atoms with van der Waals surface area (Å²) >= 11 is 0. The summed E-state index contributed by atoms with van der Waals surface area (Å²) in [5.74, 6) is -0.882. The molecule has 2 aromatic rings. The van der Waals surface area contributed by atoms with E-state index in [-0.39, 0.29) is 11.3 Å². The Labute approximate surface area is 91.7 Å². The number of carbonyl (C=O) groups excluding carboxylic acids is 1. The van der Waals surface area contributed by atoms with E-state index in [4.69, 9.17) is 5.73 Å². The number of imidazole rings is 1. The average Bonchev–Trinajstić information content (AvgIpc) is 2.66. The third kappa shape index (κ3) is 1.84. The van der Waals surface area contributed by atoms with E-state index >= 15 is 0 Å². The van der Waals surface area contributed by atoms with Gasteiger partial charge in [-0.15, -0.1) is 5.10 Å². The number of carbonyl (C=O) groups is 1. The molecular weight excluding hydrogens is 238 g/mol. The van der Waals surface area contributed by atoms with Gasteiger partial charge in [0, 0.05) is 0 Å². The van der Waals surface area contributed by atoms with E-state index in [1.807, 2.05) is 0 Å². The lowest BCUT2D eigenvalue weighted by molar-refractivity contribution is 0.0996. The second kappa shape index (κ2) is 3.88. The number of primary amides is 1. The Hall–Kier alpha value is -2.39. The summed E-state index contributed by atoms with van der Waals surface area (Å²) in [6.07, 6.45) is -1.76. The van der Waals surface area contributed by atoms with E-state index in [0.29, 0.717) is 4.68 Å². The molecule has 17 heavy (non-hydrogen) atoms. The highest BCUT2D eigenvalue weighted by Crippen LogP contribution is 2.01. The first-order chi connectivity index (χ1) is 8.00. The van der Waals surface area contributed by atoms with Crippen LogP contribution in [0.2, 0.25) is 0 Å². The van der Waals surface area contributed by atoms with Crippen molar-refractivity contribution in [1.29, 1.82) is 0 Å². The van der Waals surface area contributed by atoms with Crippen LogP contribution < -0.4 is 11.4 Å². The van der Waals surface area contributed by atoms with Crippen LogP contribution in [0.5, 0.6) is 0 Å². The smallest absolute Gasteiger partial charge is 0.353 e. The maximum Gasteiger partial charge on any atom is 0.353 e. The Morgan fingerprint density at radius 1 is 1.53 bits per heavy atom. The van der Waals surface area contributed by atoms with E-state index in [1.165, 1.54) is 0 Å². The number of nitrogens with two attached hydrogens (primary N) is 1. The van der Waals surface area contributed by atoms with E-state index in [2.05, 4.69) is 15.3 Å². The fourth-order valence-corrected chi connectivity index (χ4v) is 1.26. The van der Waals surface area contributed by atoms with Crippen LogP contribution in [0.4, 0.5) is 8.78 Å². The Bertz CT molecular complexity index is 633. The van der Waals surface area contributed by atoms with Gasteiger partial charge in [0.05, 0.1) is 0 Å². The zero-order valence-electron chi connectivity index (χ0n) is 8.25. The van der Waals surface area contributed by atoms with Crippen LogP contribution in [0.1, 0.15) is 10.5 Å². The Balaban J connectivity index is 2.62. The zero-order valence-corrected chi connectivity index (χ0v) is 8.25. The van der Waals surface area contributed by atoms with E-state index < -0.39 is 24.6 Å². The summed E-state index contributed by atoms with van der Waals surface area (Å²) in [6, 6.07) is 0. The lowest BCUT2D eigenvalue weighted by atomic mass is 10.4. The first-order valence-corrected chi connectivity index (χ1v) is 4.39. The molecule has 0 aliphatic heterocycles. The van der Waals surface area contributed by atoms with Crippen LogP contribution in [0.25, 0.3) is 5.65 Å². The first kappa shape index (κ1) is 11.1. The number of hydrogen-bond acceptors (Lipinski definition) is 5. The molecule has 0 saturated heterocycles. The van der Waals surface area contributed by atoms with Crippen molar-refractivity contribution in [1.82, 2.24) is 24.4 Å². The molecule has 0 aromatic carbocycles. The molecule has 0 unspecified atom stereocenters. The molecule has 90 valence electrons. The minimum absolute atomic E-state index is 0.159. The molecule has 0 spiro atoms. The monoisotopic (exact) mass is 244 g/mol. The highest BCUT2D eigenvalue weighted by Gasteiger charge is 2.16. The van der Waals surface area contributed by atoms with Crippen molar-refractivity contribution in [2.75, 3.05) is 0 Å². The fraction of sp³-hybridized carbons (Fsp3) is 0.286. The molecule has 0 bridgehead atoms. The number of nitrogens with zero attached hydrogens (tertiary/aromatic N) is 5. The topological polar surface area (TPSA) is 108 Å². The maximum absolute atomic E-state index is 12.1.